The Hall–Kier alpha value is -1.38. The van der Waals surface area contributed by atoms with Crippen LogP contribution >= 0.6 is 0 Å². The second-order valence-electron chi connectivity index (χ2n) is 4.84. The van der Waals surface area contributed by atoms with E-state index in [0.717, 1.165) is 17.8 Å². The van der Waals surface area contributed by atoms with Crippen molar-refractivity contribution in [3.8, 4) is 0 Å². The van der Waals surface area contributed by atoms with Gasteiger partial charge in [-0.3, -0.25) is 0 Å². The van der Waals surface area contributed by atoms with Crippen molar-refractivity contribution in [3.63, 3.8) is 0 Å². The molecule has 2 aromatic rings. The Balaban J connectivity index is 2.69. The Bertz CT molecular complexity index is 477. The number of hydrogen-bond acceptors (Lipinski definition) is 2. The summed E-state index contributed by atoms with van der Waals surface area (Å²) in [6.07, 6.45) is 2.78. The first-order valence-electron chi connectivity index (χ1n) is 5.36. The standard InChI is InChI=1S/C12H17N3/c1-5-9-8-10(12(2,3)4)14-11-6-7-13-15(9)11/h6-8H,5H2,1-4H3. The predicted octanol–water partition coefficient (Wildman–Crippen LogP) is 2.59. The lowest BCUT2D eigenvalue weighted by atomic mass is 9.91. The van der Waals surface area contributed by atoms with Crippen LogP contribution in [0.1, 0.15) is 39.1 Å². The van der Waals surface area contributed by atoms with Crippen molar-refractivity contribution in [3.05, 3.63) is 29.7 Å². The fourth-order valence-electron chi connectivity index (χ4n) is 1.61. The van der Waals surface area contributed by atoms with Gasteiger partial charge in [0.15, 0.2) is 5.65 Å². The summed E-state index contributed by atoms with van der Waals surface area (Å²) >= 11 is 0. The zero-order chi connectivity index (χ0) is 11.1. The van der Waals surface area contributed by atoms with E-state index in [1.54, 1.807) is 6.20 Å². The molecule has 15 heavy (non-hydrogen) atoms. The van der Waals surface area contributed by atoms with Crippen LogP contribution < -0.4 is 0 Å². The molecule has 0 fully saturated rings. The van der Waals surface area contributed by atoms with Crippen molar-refractivity contribution in [2.75, 3.05) is 0 Å². The van der Waals surface area contributed by atoms with E-state index in [-0.39, 0.29) is 5.41 Å². The first kappa shape index (κ1) is 10.1. The highest BCUT2D eigenvalue weighted by molar-refractivity contribution is 5.40. The molecule has 0 atom stereocenters. The SMILES string of the molecule is CCc1cc(C(C)(C)C)nc2ccnn12. The third-order valence-electron chi connectivity index (χ3n) is 2.56. The van der Waals surface area contributed by atoms with Crippen LogP contribution in [0.5, 0.6) is 0 Å². The molecule has 80 valence electrons. The Morgan fingerprint density at radius 3 is 2.67 bits per heavy atom. The summed E-state index contributed by atoms with van der Waals surface area (Å²) in [6.45, 7) is 8.69. The highest BCUT2D eigenvalue weighted by Crippen LogP contribution is 2.22. The van der Waals surface area contributed by atoms with Crippen LogP contribution in [0.25, 0.3) is 5.65 Å². The van der Waals surface area contributed by atoms with E-state index >= 15 is 0 Å². The number of aryl methyl sites for hydroxylation is 1. The lowest BCUT2D eigenvalue weighted by molar-refractivity contribution is 0.566. The van der Waals surface area contributed by atoms with E-state index in [9.17, 15) is 0 Å². The maximum Gasteiger partial charge on any atom is 0.155 e. The first-order chi connectivity index (χ1) is 7.02. The van der Waals surface area contributed by atoms with E-state index in [4.69, 9.17) is 0 Å². The number of aromatic nitrogens is 3. The van der Waals surface area contributed by atoms with Gasteiger partial charge in [0.25, 0.3) is 0 Å². The van der Waals surface area contributed by atoms with Crippen molar-refractivity contribution >= 4 is 5.65 Å². The van der Waals surface area contributed by atoms with Crippen molar-refractivity contribution in [2.24, 2.45) is 0 Å². The normalized spacial score (nSPS) is 12.3. The summed E-state index contributed by atoms with van der Waals surface area (Å²) in [4.78, 5) is 4.62. The highest BCUT2D eigenvalue weighted by Gasteiger charge is 2.17. The molecule has 2 rings (SSSR count). The zero-order valence-electron chi connectivity index (χ0n) is 9.78. The Kier molecular flexibility index (Phi) is 2.25. The molecule has 0 saturated heterocycles. The Morgan fingerprint density at radius 1 is 1.33 bits per heavy atom. The van der Waals surface area contributed by atoms with E-state index in [2.05, 4.69) is 43.8 Å². The summed E-state index contributed by atoms with van der Waals surface area (Å²) in [5, 5.41) is 4.27. The van der Waals surface area contributed by atoms with Gasteiger partial charge in [0.05, 0.1) is 11.9 Å². The summed E-state index contributed by atoms with van der Waals surface area (Å²) in [5.74, 6) is 0. The molecule has 0 aliphatic carbocycles. The monoisotopic (exact) mass is 203 g/mol. The van der Waals surface area contributed by atoms with Gasteiger partial charge in [0, 0.05) is 17.2 Å². The van der Waals surface area contributed by atoms with E-state index in [1.807, 2.05) is 10.6 Å². The van der Waals surface area contributed by atoms with E-state index in [0.29, 0.717) is 0 Å². The van der Waals surface area contributed by atoms with Crippen LogP contribution in [0.2, 0.25) is 0 Å². The number of nitrogens with zero attached hydrogens (tertiary/aromatic N) is 3. The van der Waals surface area contributed by atoms with Gasteiger partial charge >= 0.3 is 0 Å². The first-order valence-corrected chi connectivity index (χ1v) is 5.36. The molecule has 0 aliphatic rings. The quantitative estimate of drug-likeness (QED) is 0.713. The van der Waals surface area contributed by atoms with Gasteiger partial charge < -0.3 is 0 Å². The zero-order valence-corrected chi connectivity index (χ0v) is 9.78. The molecule has 0 unspecified atom stereocenters. The average Bonchev–Trinajstić information content (AvgIpc) is 2.62. The van der Waals surface area contributed by atoms with E-state index < -0.39 is 0 Å². The fourth-order valence-corrected chi connectivity index (χ4v) is 1.61. The van der Waals surface area contributed by atoms with Gasteiger partial charge in [-0.05, 0) is 12.5 Å². The maximum atomic E-state index is 4.62. The van der Waals surface area contributed by atoms with Gasteiger partial charge in [0.2, 0.25) is 0 Å². The molecule has 0 amide bonds. The third-order valence-corrected chi connectivity index (χ3v) is 2.56. The molecule has 2 heterocycles. The molecule has 0 radical (unpaired) electrons. The molecule has 2 aromatic heterocycles. The summed E-state index contributed by atoms with van der Waals surface area (Å²) in [5.41, 5.74) is 3.39. The van der Waals surface area contributed by atoms with Crippen LogP contribution in [0.15, 0.2) is 18.3 Å². The molecule has 0 aliphatic heterocycles. The average molecular weight is 203 g/mol. The lowest BCUT2D eigenvalue weighted by Gasteiger charge is -2.18. The van der Waals surface area contributed by atoms with Crippen molar-refractivity contribution in [1.29, 1.82) is 0 Å². The second kappa shape index (κ2) is 3.33. The minimum Gasteiger partial charge on any atom is -0.233 e. The van der Waals surface area contributed by atoms with Crippen molar-refractivity contribution in [2.45, 2.75) is 39.5 Å². The smallest absolute Gasteiger partial charge is 0.155 e. The largest absolute Gasteiger partial charge is 0.233 e. The van der Waals surface area contributed by atoms with Crippen LogP contribution in [0.3, 0.4) is 0 Å². The van der Waals surface area contributed by atoms with Crippen LogP contribution in [0.4, 0.5) is 0 Å². The fraction of sp³-hybridized carbons (Fsp3) is 0.500. The summed E-state index contributed by atoms with van der Waals surface area (Å²) in [6, 6.07) is 4.11. The van der Waals surface area contributed by atoms with E-state index in [1.165, 1.54) is 5.69 Å². The number of rotatable bonds is 1. The van der Waals surface area contributed by atoms with Gasteiger partial charge in [-0.1, -0.05) is 27.7 Å². The molecule has 0 saturated carbocycles. The topological polar surface area (TPSA) is 30.2 Å². The summed E-state index contributed by atoms with van der Waals surface area (Å²) < 4.78 is 1.91. The van der Waals surface area contributed by atoms with Gasteiger partial charge in [-0.2, -0.15) is 5.10 Å². The van der Waals surface area contributed by atoms with Gasteiger partial charge in [-0.25, -0.2) is 9.50 Å². The molecule has 0 bridgehead atoms. The molecular weight excluding hydrogens is 186 g/mol. The third kappa shape index (κ3) is 1.74. The maximum absolute atomic E-state index is 4.62. The number of hydrogen-bond donors (Lipinski definition) is 0. The van der Waals surface area contributed by atoms with Crippen LogP contribution in [-0.4, -0.2) is 14.6 Å². The van der Waals surface area contributed by atoms with Crippen molar-refractivity contribution in [1.82, 2.24) is 14.6 Å². The summed E-state index contributed by atoms with van der Waals surface area (Å²) in [7, 11) is 0. The molecular formula is C12H17N3. The second-order valence-corrected chi connectivity index (χ2v) is 4.84. The molecule has 0 aromatic carbocycles. The van der Waals surface area contributed by atoms with Crippen molar-refractivity contribution < 1.29 is 0 Å². The Morgan fingerprint density at radius 2 is 2.07 bits per heavy atom. The number of fused-ring (bicyclic) bond motifs is 1. The highest BCUT2D eigenvalue weighted by atomic mass is 15.2. The van der Waals surface area contributed by atoms with Gasteiger partial charge in [0.1, 0.15) is 0 Å². The molecule has 3 heteroatoms. The van der Waals surface area contributed by atoms with Crippen LogP contribution in [-0.2, 0) is 11.8 Å². The minimum atomic E-state index is 0.0932. The Labute approximate surface area is 90.1 Å². The minimum absolute atomic E-state index is 0.0932. The molecule has 0 N–H and O–H groups in total. The molecule has 3 nitrogen and oxygen atoms in total. The van der Waals surface area contributed by atoms with Crippen LogP contribution in [0, 0.1) is 0 Å². The molecule has 0 spiro atoms. The lowest BCUT2D eigenvalue weighted by Crippen LogP contribution is -2.15. The predicted molar refractivity (Wildman–Crippen MR) is 61.1 cm³/mol. The van der Waals surface area contributed by atoms with Gasteiger partial charge in [-0.15, -0.1) is 0 Å².